The van der Waals surface area contributed by atoms with Crippen LogP contribution in [0.4, 0.5) is 10.5 Å². The smallest absolute Gasteiger partial charge is 0.408 e. The molecule has 3 aromatic carbocycles. The Labute approximate surface area is 236 Å². The van der Waals surface area contributed by atoms with Crippen molar-refractivity contribution < 1.29 is 19.1 Å². The van der Waals surface area contributed by atoms with Crippen LogP contribution in [0, 0.1) is 12.8 Å². The number of amides is 3. The fourth-order valence-corrected chi connectivity index (χ4v) is 4.84. The maximum absolute atomic E-state index is 14.5. The Bertz CT molecular complexity index is 1320. The third-order valence-corrected chi connectivity index (χ3v) is 7.00. The van der Waals surface area contributed by atoms with Crippen molar-refractivity contribution in [1.82, 2.24) is 10.2 Å². The number of hydrogen-bond donors (Lipinski definition) is 2. The first-order valence-electron chi connectivity index (χ1n) is 13.8. The van der Waals surface area contributed by atoms with Gasteiger partial charge in [0.05, 0.1) is 0 Å². The number of aryl methyl sites for hydroxylation is 1. The van der Waals surface area contributed by atoms with Crippen LogP contribution in [-0.2, 0) is 20.7 Å². The van der Waals surface area contributed by atoms with Gasteiger partial charge in [0, 0.05) is 18.2 Å². The van der Waals surface area contributed by atoms with Crippen molar-refractivity contribution in [2.75, 3.05) is 5.32 Å². The maximum atomic E-state index is 14.5. The van der Waals surface area contributed by atoms with Crippen LogP contribution in [0.3, 0.4) is 0 Å². The van der Waals surface area contributed by atoms with E-state index in [1.807, 2.05) is 91.9 Å². The minimum absolute atomic E-state index is 0.140. The third-order valence-electron chi connectivity index (χ3n) is 7.00. The lowest BCUT2D eigenvalue weighted by atomic mass is 9.99. The van der Waals surface area contributed by atoms with E-state index in [0.29, 0.717) is 11.3 Å². The van der Waals surface area contributed by atoms with Crippen LogP contribution in [0.1, 0.15) is 56.8 Å². The SMILES string of the molecule is Cc1ccccc1NC(=O)C(c1ccccc1)N(C(=O)C(Cc1ccccc1)NC(=O)OC(C)(C)C)C1CC1C. The molecule has 4 atom stereocenters. The molecule has 7 nitrogen and oxygen atoms in total. The van der Waals surface area contributed by atoms with Gasteiger partial charge in [0.1, 0.15) is 17.7 Å². The molecular formula is C33H39N3O4. The van der Waals surface area contributed by atoms with Crippen molar-refractivity contribution in [1.29, 1.82) is 0 Å². The predicted octanol–water partition coefficient (Wildman–Crippen LogP) is 6.05. The quantitative estimate of drug-likeness (QED) is 0.345. The van der Waals surface area contributed by atoms with Gasteiger partial charge in [-0.2, -0.15) is 0 Å². The molecule has 0 aromatic heterocycles. The molecule has 7 heteroatoms. The summed E-state index contributed by atoms with van der Waals surface area (Å²) in [6.07, 6.45) is 0.362. The summed E-state index contributed by atoms with van der Waals surface area (Å²) in [4.78, 5) is 43.1. The van der Waals surface area contributed by atoms with E-state index in [1.54, 1.807) is 25.7 Å². The highest BCUT2D eigenvalue weighted by atomic mass is 16.6. The topological polar surface area (TPSA) is 87.7 Å². The van der Waals surface area contributed by atoms with Crippen LogP contribution < -0.4 is 10.6 Å². The summed E-state index contributed by atoms with van der Waals surface area (Å²) in [6, 6.07) is 24.5. The number of hydrogen-bond acceptors (Lipinski definition) is 4. The summed E-state index contributed by atoms with van der Waals surface area (Å²) in [5.41, 5.74) is 2.49. The van der Waals surface area contributed by atoms with Gasteiger partial charge >= 0.3 is 6.09 Å². The van der Waals surface area contributed by atoms with Crippen LogP contribution in [-0.4, -0.2) is 40.5 Å². The van der Waals surface area contributed by atoms with Gasteiger partial charge in [-0.15, -0.1) is 0 Å². The number of rotatable bonds is 9. The number of nitrogens with one attached hydrogen (secondary N) is 2. The second-order valence-electron chi connectivity index (χ2n) is 11.5. The standard InChI is InChI=1S/C33H39N3O4/c1-22-14-12-13-19-26(22)34-30(37)29(25-17-10-7-11-18-25)36(28-20-23(28)2)31(38)27(21-24-15-8-6-9-16-24)35-32(39)40-33(3,4)5/h6-19,23,27-29H,20-21H2,1-5H3,(H,34,37)(H,35,39). The van der Waals surface area contributed by atoms with Crippen molar-refractivity contribution in [2.24, 2.45) is 5.92 Å². The highest BCUT2D eigenvalue weighted by molar-refractivity contribution is 5.99. The number of carbonyl (C=O) groups excluding carboxylic acids is 3. The third kappa shape index (κ3) is 7.50. The van der Waals surface area contributed by atoms with Crippen LogP contribution >= 0.6 is 0 Å². The molecule has 0 bridgehead atoms. The first-order chi connectivity index (χ1) is 19.0. The van der Waals surface area contributed by atoms with Crippen molar-refractivity contribution in [3.8, 4) is 0 Å². The minimum atomic E-state index is -0.928. The summed E-state index contributed by atoms with van der Waals surface area (Å²) in [5.74, 6) is -0.401. The Kier molecular flexibility index (Phi) is 8.93. The molecule has 4 rings (SSSR count). The second-order valence-corrected chi connectivity index (χ2v) is 11.5. The minimum Gasteiger partial charge on any atom is -0.444 e. The number of anilines is 1. The summed E-state index contributed by atoms with van der Waals surface area (Å²) < 4.78 is 5.52. The monoisotopic (exact) mass is 541 g/mol. The number of benzene rings is 3. The van der Waals surface area contributed by atoms with Crippen LogP contribution in [0.25, 0.3) is 0 Å². The zero-order valence-corrected chi connectivity index (χ0v) is 23.9. The fourth-order valence-electron chi connectivity index (χ4n) is 4.84. The number of para-hydroxylation sites is 1. The summed E-state index contributed by atoms with van der Waals surface area (Å²) >= 11 is 0. The molecule has 0 radical (unpaired) electrons. The highest BCUT2D eigenvalue weighted by Crippen LogP contribution is 2.41. The zero-order valence-electron chi connectivity index (χ0n) is 23.9. The molecule has 0 spiro atoms. The van der Waals surface area contributed by atoms with E-state index in [1.165, 1.54) is 0 Å². The fraction of sp³-hybridized carbons (Fsp3) is 0.364. The molecule has 3 amide bonds. The van der Waals surface area contributed by atoms with Crippen LogP contribution in [0.15, 0.2) is 84.9 Å². The lowest BCUT2D eigenvalue weighted by Gasteiger charge is -2.35. The molecule has 3 aromatic rings. The van der Waals surface area contributed by atoms with E-state index >= 15 is 0 Å². The van der Waals surface area contributed by atoms with E-state index in [9.17, 15) is 14.4 Å². The van der Waals surface area contributed by atoms with Gasteiger partial charge in [0.2, 0.25) is 5.91 Å². The van der Waals surface area contributed by atoms with Gasteiger partial charge in [-0.3, -0.25) is 9.59 Å². The molecule has 1 aliphatic carbocycles. The van der Waals surface area contributed by atoms with E-state index in [-0.39, 0.29) is 30.2 Å². The van der Waals surface area contributed by atoms with Gasteiger partial charge in [0.15, 0.2) is 0 Å². The molecule has 1 saturated carbocycles. The molecule has 1 aliphatic rings. The average Bonchev–Trinajstić information content (AvgIpc) is 3.63. The van der Waals surface area contributed by atoms with Gasteiger partial charge in [-0.25, -0.2) is 4.79 Å². The van der Waals surface area contributed by atoms with E-state index in [2.05, 4.69) is 17.6 Å². The number of carbonyl (C=O) groups is 3. The molecule has 2 N–H and O–H groups in total. The summed E-state index contributed by atoms with van der Waals surface area (Å²) in [5, 5.41) is 5.88. The molecule has 1 fully saturated rings. The molecule has 210 valence electrons. The Morgan fingerprint density at radius 3 is 2.08 bits per heavy atom. The molecule has 0 saturated heterocycles. The van der Waals surface area contributed by atoms with Crippen molar-refractivity contribution in [3.63, 3.8) is 0 Å². The van der Waals surface area contributed by atoms with Gasteiger partial charge in [0.25, 0.3) is 5.91 Å². The van der Waals surface area contributed by atoms with Crippen LogP contribution in [0.2, 0.25) is 0 Å². The van der Waals surface area contributed by atoms with Crippen molar-refractivity contribution >= 4 is 23.6 Å². The lowest BCUT2D eigenvalue weighted by molar-refractivity contribution is -0.141. The Morgan fingerprint density at radius 1 is 0.925 bits per heavy atom. The molecule has 0 heterocycles. The molecule has 4 unspecified atom stereocenters. The van der Waals surface area contributed by atoms with E-state index in [0.717, 1.165) is 17.5 Å². The summed E-state index contributed by atoms with van der Waals surface area (Å²) in [6.45, 7) is 9.33. The Hall–Kier alpha value is -4.13. The molecule has 0 aliphatic heterocycles. The Balaban J connectivity index is 1.72. The first-order valence-corrected chi connectivity index (χ1v) is 13.8. The number of alkyl carbamates (subject to hydrolysis) is 1. The molecular weight excluding hydrogens is 502 g/mol. The number of ether oxygens (including phenoxy) is 1. The van der Waals surface area contributed by atoms with Gasteiger partial charge < -0.3 is 20.3 Å². The second kappa shape index (κ2) is 12.4. The lowest BCUT2D eigenvalue weighted by Crippen LogP contribution is -2.54. The predicted molar refractivity (Wildman–Crippen MR) is 157 cm³/mol. The van der Waals surface area contributed by atoms with Crippen molar-refractivity contribution in [2.45, 2.75) is 71.2 Å². The van der Waals surface area contributed by atoms with E-state index in [4.69, 9.17) is 4.74 Å². The number of nitrogens with zero attached hydrogens (tertiary/aromatic N) is 1. The normalized spacial score (nSPS) is 17.7. The van der Waals surface area contributed by atoms with Crippen molar-refractivity contribution in [3.05, 3.63) is 102 Å². The summed E-state index contributed by atoms with van der Waals surface area (Å²) in [7, 11) is 0. The Morgan fingerprint density at radius 2 is 1.50 bits per heavy atom. The largest absolute Gasteiger partial charge is 0.444 e. The van der Waals surface area contributed by atoms with Crippen LogP contribution in [0.5, 0.6) is 0 Å². The highest BCUT2D eigenvalue weighted by Gasteiger charge is 2.48. The van der Waals surface area contributed by atoms with Gasteiger partial charge in [-0.1, -0.05) is 85.8 Å². The maximum Gasteiger partial charge on any atom is 0.408 e. The first kappa shape index (κ1) is 28.9. The zero-order chi connectivity index (χ0) is 28.9. The van der Waals surface area contributed by atoms with E-state index < -0.39 is 23.8 Å². The molecule has 40 heavy (non-hydrogen) atoms. The van der Waals surface area contributed by atoms with Gasteiger partial charge in [-0.05, 0) is 62.8 Å². The average molecular weight is 542 g/mol.